The lowest BCUT2D eigenvalue weighted by Crippen LogP contribution is -2.23. The Labute approximate surface area is 209 Å². The van der Waals surface area contributed by atoms with Gasteiger partial charge in [0.2, 0.25) is 0 Å². The van der Waals surface area contributed by atoms with Crippen molar-refractivity contribution in [1.82, 2.24) is 5.16 Å². The molecule has 5 rings (SSSR count). The Morgan fingerprint density at radius 3 is 2.90 bits per heavy atom. The quantitative estimate of drug-likeness (QED) is 0.199. The van der Waals surface area contributed by atoms with E-state index in [1.54, 1.807) is 28.2 Å². The number of halogens is 3. The van der Waals surface area contributed by atoms with Crippen molar-refractivity contribution < 1.29 is 13.7 Å². The van der Waals surface area contributed by atoms with Gasteiger partial charge >= 0.3 is 0 Å². The molecule has 2 aromatic carbocycles. The van der Waals surface area contributed by atoms with Crippen molar-refractivity contribution in [2.45, 2.75) is 29.6 Å². The van der Waals surface area contributed by atoms with Crippen LogP contribution in [0.25, 0.3) is 11.3 Å². The maximum absolute atomic E-state index is 14.7. The topological polar surface area (TPSA) is 38.5 Å². The van der Waals surface area contributed by atoms with Crippen LogP contribution in [0.3, 0.4) is 0 Å². The molecule has 0 amide bonds. The number of ether oxygens (including phenoxy) is 1. The summed E-state index contributed by atoms with van der Waals surface area (Å²) in [5.74, 6) is 2.70. The van der Waals surface area contributed by atoms with E-state index in [4.69, 9.17) is 9.26 Å². The highest BCUT2D eigenvalue weighted by Gasteiger charge is 2.50. The summed E-state index contributed by atoms with van der Waals surface area (Å²) in [4.78, 5) is 0.459. The van der Waals surface area contributed by atoms with Crippen molar-refractivity contribution >= 4 is 63.8 Å². The van der Waals surface area contributed by atoms with Crippen LogP contribution in [0.15, 0.2) is 50.3 Å². The van der Waals surface area contributed by atoms with E-state index in [1.807, 2.05) is 4.31 Å². The van der Waals surface area contributed by atoms with E-state index in [9.17, 15) is 4.39 Å². The van der Waals surface area contributed by atoms with Crippen LogP contribution in [0.2, 0.25) is 0 Å². The SMILES string of the molecule is COc1cccc(F)c1SN(CCSI)c1noc2c1CC1(CC1)c1ccc(Br)cc1-2. The molecule has 0 unspecified atom stereocenters. The lowest BCUT2D eigenvalue weighted by Gasteiger charge is -2.27. The molecule has 1 saturated carbocycles. The van der Waals surface area contributed by atoms with Crippen molar-refractivity contribution in [1.29, 1.82) is 0 Å². The number of rotatable bonds is 7. The van der Waals surface area contributed by atoms with Crippen LogP contribution in [0.1, 0.15) is 24.0 Å². The predicted octanol–water partition coefficient (Wildman–Crippen LogP) is 7.44. The zero-order chi connectivity index (χ0) is 21.6. The fourth-order valence-electron chi connectivity index (χ4n) is 4.23. The van der Waals surface area contributed by atoms with Crippen molar-refractivity contribution in [3.8, 4) is 17.1 Å². The first-order chi connectivity index (χ1) is 15.1. The Kier molecular flexibility index (Phi) is 6.22. The van der Waals surface area contributed by atoms with E-state index in [0.29, 0.717) is 17.2 Å². The summed E-state index contributed by atoms with van der Waals surface area (Å²) in [5, 5.41) is 4.49. The third-order valence-electron chi connectivity index (χ3n) is 5.89. The molecule has 0 N–H and O–H groups in total. The van der Waals surface area contributed by atoms with Gasteiger partial charge < -0.3 is 9.26 Å². The minimum absolute atomic E-state index is 0.174. The number of nitrogens with zero attached hydrogens (tertiary/aromatic N) is 2. The Morgan fingerprint density at radius 2 is 2.16 bits per heavy atom. The monoisotopic (exact) mass is 632 g/mol. The molecule has 0 aliphatic heterocycles. The molecule has 0 bridgehead atoms. The second kappa shape index (κ2) is 8.79. The van der Waals surface area contributed by atoms with Crippen LogP contribution in [0.4, 0.5) is 10.2 Å². The van der Waals surface area contributed by atoms with E-state index in [2.05, 4.69) is 60.5 Å². The zero-order valence-electron chi connectivity index (χ0n) is 16.7. The molecule has 9 heteroatoms. The van der Waals surface area contributed by atoms with E-state index >= 15 is 0 Å². The van der Waals surface area contributed by atoms with E-state index in [0.717, 1.165) is 39.4 Å². The van der Waals surface area contributed by atoms with E-state index in [-0.39, 0.29) is 11.2 Å². The molecule has 1 spiro atoms. The van der Waals surface area contributed by atoms with Gasteiger partial charge in [-0.15, -0.1) is 0 Å². The van der Waals surface area contributed by atoms with Gasteiger partial charge in [0, 0.05) is 33.3 Å². The van der Waals surface area contributed by atoms with Gasteiger partial charge in [0.25, 0.3) is 0 Å². The number of methoxy groups -OCH3 is 1. The van der Waals surface area contributed by atoms with Crippen LogP contribution in [0, 0.1) is 5.82 Å². The minimum Gasteiger partial charge on any atom is -0.495 e. The van der Waals surface area contributed by atoms with E-state index in [1.165, 1.54) is 36.4 Å². The molecule has 2 aliphatic rings. The molecule has 0 saturated heterocycles. The van der Waals surface area contributed by atoms with Crippen molar-refractivity contribution in [2.24, 2.45) is 0 Å². The standard InChI is InChI=1S/C22H19BrFIN2O2S2/c1-28-18-4-2-3-17(24)20(18)31-27(9-10-30-25)21-15-12-22(7-8-22)16-6-5-13(23)11-14(16)19(15)29-26-21/h2-6,11H,7-10,12H2,1H3. The lowest BCUT2D eigenvalue weighted by atomic mass is 9.79. The highest BCUT2D eigenvalue weighted by atomic mass is 127. The third kappa shape index (κ3) is 4.00. The average molecular weight is 633 g/mol. The fourth-order valence-corrected chi connectivity index (χ4v) is 6.57. The third-order valence-corrected chi connectivity index (χ3v) is 9.20. The normalized spacial score (nSPS) is 15.5. The van der Waals surface area contributed by atoms with Gasteiger partial charge in [0.05, 0.1) is 7.11 Å². The van der Waals surface area contributed by atoms with Crippen LogP contribution >= 0.6 is 58.0 Å². The van der Waals surface area contributed by atoms with Gasteiger partial charge in [-0.25, -0.2) is 4.39 Å². The second-order valence-electron chi connectivity index (χ2n) is 7.74. The Hall–Kier alpha value is -0.910. The maximum Gasteiger partial charge on any atom is 0.186 e. The molecular formula is C22H19BrFIN2O2S2. The number of aromatic nitrogens is 1. The van der Waals surface area contributed by atoms with Crippen molar-refractivity contribution in [3.05, 3.63) is 57.8 Å². The molecule has 162 valence electrons. The van der Waals surface area contributed by atoms with Gasteiger partial charge in [-0.1, -0.05) is 42.2 Å². The van der Waals surface area contributed by atoms with Gasteiger partial charge in [-0.2, -0.15) is 0 Å². The summed E-state index contributed by atoms with van der Waals surface area (Å²) in [6.07, 6.45) is 3.24. The zero-order valence-corrected chi connectivity index (χ0v) is 22.0. The van der Waals surface area contributed by atoms with Gasteiger partial charge in [0.1, 0.15) is 16.5 Å². The molecule has 1 fully saturated rings. The largest absolute Gasteiger partial charge is 0.495 e. The Balaban J connectivity index is 1.58. The number of benzene rings is 2. The molecule has 4 nitrogen and oxygen atoms in total. The molecule has 0 radical (unpaired) electrons. The maximum atomic E-state index is 14.7. The summed E-state index contributed by atoms with van der Waals surface area (Å²) in [7, 11) is 3.28. The second-order valence-corrected chi connectivity index (χ2v) is 12.2. The fraction of sp³-hybridized carbons (Fsp3) is 0.318. The number of fused-ring (bicyclic) bond motifs is 4. The van der Waals surface area contributed by atoms with Crippen molar-refractivity contribution in [2.75, 3.05) is 23.7 Å². The van der Waals surface area contributed by atoms with Gasteiger partial charge in [-0.3, -0.25) is 4.31 Å². The summed E-state index contributed by atoms with van der Waals surface area (Å²) in [5.41, 5.74) is 3.75. The molecule has 2 aliphatic carbocycles. The van der Waals surface area contributed by atoms with Gasteiger partial charge in [0.15, 0.2) is 11.6 Å². The molecule has 0 atom stereocenters. The van der Waals surface area contributed by atoms with E-state index < -0.39 is 0 Å². The smallest absolute Gasteiger partial charge is 0.186 e. The summed E-state index contributed by atoms with van der Waals surface area (Å²) in [6, 6.07) is 11.3. The summed E-state index contributed by atoms with van der Waals surface area (Å²) in [6.45, 7) is 0.701. The average Bonchev–Trinajstić information content (AvgIpc) is 3.41. The highest BCUT2D eigenvalue weighted by Crippen LogP contribution is 2.59. The number of hydrogen-bond donors (Lipinski definition) is 0. The summed E-state index contributed by atoms with van der Waals surface area (Å²) >= 11 is 7.22. The molecule has 1 aromatic heterocycles. The van der Waals surface area contributed by atoms with Crippen LogP contribution in [-0.2, 0) is 11.8 Å². The summed E-state index contributed by atoms with van der Waals surface area (Å²) < 4.78 is 29.1. The first-order valence-electron chi connectivity index (χ1n) is 9.87. The Morgan fingerprint density at radius 1 is 1.32 bits per heavy atom. The number of hydrogen-bond acceptors (Lipinski definition) is 6. The van der Waals surface area contributed by atoms with Crippen LogP contribution < -0.4 is 9.04 Å². The highest BCUT2D eigenvalue weighted by molar-refractivity contribution is 14.2. The minimum atomic E-state index is -0.304. The number of anilines is 1. The first-order valence-corrected chi connectivity index (χ1v) is 15.0. The van der Waals surface area contributed by atoms with Crippen LogP contribution in [-0.4, -0.2) is 24.6 Å². The van der Waals surface area contributed by atoms with Gasteiger partial charge in [-0.05, 0) is 82.2 Å². The lowest BCUT2D eigenvalue weighted by molar-refractivity contribution is 0.397. The van der Waals surface area contributed by atoms with Crippen molar-refractivity contribution in [3.63, 3.8) is 0 Å². The Bertz CT molecular complexity index is 1140. The first kappa shape index (κ1) is 21.9. The molecule has 3 aromatic rings. The predicted molar refractivity (Wildman–Crippen MR) is 137 cm³/mol. The van der Waals surface area contributed by atoms with Crippen LogP contribution in [0.5, 0.6) is 5.75 Å². The molecular weight excluding hydrogens is 614 g/mol. The molecule has 31 heavy (non-hydrogen) atoms. The molecule has 1 heterocycles.